The van der Waals surface area contributed by atoms with Gasteiger partial charge in [-0.1, -0.05) is 0 Å². The third kappa shape index (κ3) is 4.79. The van der Waals surface area contributed by atoms with Crippen molar-refractivity contribution in [3.05, 3.63) is 18.2 Å². The van der Waals surface area contributed by atoms with Crippen LogP contribution in [0.3, 0.4) is 0 Å². The minimum atomic E-state index is -1.18. The maximum absolute atomic E-state index is 10.6. The van der Waals surface area contributed by atoms with Crippen LogP contribution in [0.15, 0.2) is 18.2 Å². The number of hydrogen-bond acceptors (Lipinski definition) is 6. The van der Waals surface area contributed by atoms with E-state index in [4.69, 9.17) is 34.8 Å². The lowest BCUT2D eigenvalue weighted by Crippen LogP contribution is -2.03. The van der Waals surface area contributed by atoms with Crippen molar-refractivity contribution in [2.75, 3.05) is 0 Å². The smallest absolute Gasteiger partial charge is 0.409 e. The van der Waals surface area contributed by atoms with E-state index in [9.17, 15) is 14.4 Å². The van der Waals surface area contributed by atoms with Gasteiger partial charge in [0.1, 0.15) is 5.75 Å². The number of ether oxygens (including phenoxy) is 3. The standard InChI is InChI=1S/C9H3Cl3O6/c10-7(13)16-4-1-2-5(17-8(11)14)6(3-4)18-9(12)15/h1-3H. The Labute approximate surface area is 115 Å². The summed E-state index contributed by atoms with van der Waals surface area (Å²) in [4.78, 5) is 31.7. The summed E-state index contributed by atoms with van der Waals surface area (Å²) < 4.78 is 13.6. The summed E-state index contributed by atoms with van der Waals surface area (Å²) in [6.45, 7) is 0. The molecule has 9 heteroatoms. The first-order valence-corrected chi connectivity index (χ1v) is 5.28. The number of hydrogen-bond donors (Lipinski definition) is 0. The minimum Gasteiger partial charge on any atom is -0.414 e. The van der Waals surface area contributed by atoms with E-state index in [1.54, 1.807) is 0 Å². The van der Waals surface area contributed by atoms with Crippen molar-refractivity contribution in [3.8, 4) is 17.2 Å². The monoisotopic (exact) mass is 312 g/mol. The third-order valence-corrected chi connectivity index (χ3v) is 1.73. The van der Waals surface area contributed by atoms with Crippen molar-refractivity contribution in [1.29, 1.82) is 0 Å². The van der Waals surface area contributed by atoms with E-state index in [0.717, 1.165) is 6.07 Å². The highest BCUT2D eigenvalue weighted by Crippen LogP contribution is 2.32. The number of carbonyl (C=O) groups is 3. The molecular formula is C9H3Cl3O6. The molecule has 1 aromatic rings. The second-order valence-electron chi connectivity index (χ2n) is 2.63. The quantitative estimate of drug-likeness (QED) is 0.787. The summed E-state index contributed by atoms with van der Waals surface area (Å²) in [6, 6.07) is 3.47. The topological polar surface area (TPSA) is 78.9 Å². The highest BCUT2D eigenvalue weighted by atomic mass is 35.5. The van der Waals surface area contributed by atoms with Gasteiger partial charge in [0.15, 0.2) is 11.5 Å². The highest BCUT2D eigenvalue weighted by Gasteiger charge is 2.14. The van der Waals surface area contributed by atoms with Crippen LogP contribution in [0.4, 0.5) is 14.4 Å². The molecule has 0 aromatic heterocycles. The van der Waals surface area contributed by atoms with Crippen LogP contribution in [0.2, 0.25) is 0 Å². The van der Waals surface area contributed by atoms with Gasteiger partial charge in [0.25, 0.3) is 0 Å². The molecule has 96 valence electrons. The zero-order valence-electron chi connectivity index (χ0n) is 8.32. The van der Waals surface area contributed by atoms with Crippen molar-refractivity contribution in [1.82, 2.24) is 0 Å². The number of carbonyl (C=O) groups excluding carboxylic acids is 3. The fraction of sp³-hybridized carbons (Fsp3) is 0. The van der Waals surface area contributed by atoms with Gasteiger partial charge in [-0.3, -0.25) is 0 Å². The molecule has 18 heavy (non-hydrogen) atoms. The van der Waals surface area contributed by atoms with Crippen LogP contribution in [0.25, 0.3) is 0 Å². The van der Waals surface area contributed by atoms with E-state index in [1.807, 2.05) is 0 Å². The molecule has 0 atom stereocenters. The van der Waals surface area contributed by atoms with Crippen LogP contribution < -0.4 is 14.2 Å². The van der Waals surface area contributed by atoms with Crippen molar-refractivity contribution in [2.24, 2.45) is 0 Å². The Morgan fingerprint density at radius 3 is 1.78 bits per heavy atom. The van der Waals surface area contributed by atoms with Crippen LogP contribution >= 0.6 is 34.8 Å². The Bertz CT molecular complexity index is 501. The molecule has 0 radical (unpaired) electrons. The molecule has 0 bridgehead atoms. The van der Waals surface area contributed by atoms with E-state index in [-0.39, 0.29) is 17.2 Å². The van der Waals surface area contributed by atoms with Crippen LogP contribution in [-0.4, -0.2) is 16.3 Å². The van der Waals surface area contributed by atoms with Gasteiger partial charge in [0.05, 0.1) is 0 Å². The first-order valence-electron chi connectivity index (χ1n) is 4.14. The van der Waals surface area contributed by atoms with Gasteiger partial charge in [-0.05, 0) is 12.1 Å². The summed E-state index contributed by atoms with van der Waals surface area (Å²) in [5.74, 6) is -0.491. The van der Waals surface area contributed by atoms with Crippen molar-refractivity contribution in [2.45, 2.75) is 0 Å². The van der Waals surface area contributed by atoms with Crippen molar-refractivity contribution in [3.63, 3.8) is 0 Å². The van der Waals surface area contributed by atoms with Crippen molar-refractivity contribution < 1.29 is 28.6 Å². The molecule has 0 unspecified atom stereocenters. The lowest BCUT2D eigenvalue weighted by Gasteiger charge is -2.08. The maximum Gasteiger partial charge on any atom is 0.409 e. The SMILES string of the molecule is O=C(Cl)Oc1ccc(OC(=O)Cl)c(OC(=O)Cl)c1. The van der Waals surface area contributed by atoms with Crippen molar-refractivity contribution >= 4 is 51.1 Å². The molecule has 0 aliphatic carbocycles. The molecule has 0 fully saturated rings. The molecule has 1 aromatic carbocycles. The molecule has 0 heterocycles. The summed E-state index contributed by atoms with van der Waals surface area (Å²) in [6.07, 6.45) is 0. The largest absolute Gasteiger partial charge is 0.414 e. The lowest BCUT2D eigenvalue weighted by atomic mass is 10.3. The molecular weight excluding hydrogens is 310 g/mol. The van der Waals surface area contributed by atoms with Crippen LogP contribution in [-0.2, 0) is 0 Å². The first kappa shape index (κ1) is 14.6. The second-order valence-corrected chi connectivity index (χ2v) is 3.55. The van der Waals surface area contributed by atoms with E-state index >= 15 is 0 Å². The van der Waals surface area contributed by atoms with Gasteiger partial charge in [-0.15, -0.1) is 0 Å². The Morgan fingerprint density at radius 1 is 0.778 bits per heavy atom. The Kier molecular flexibility index (Phi) is 5.21. The molecule has 0 saturated carbocycles. The molecule has 0 amide bonds. The Balaban J connectivity index is 3.06. The van der Waals surface area contributed by atoms with Crippen LogP contribution in [0.5, 0.6) is 17.2 Å². The van der Waals surface area contributed by atoms with Gasteiger partial charge < -0.3 is 14.2 Å². The van der Waals surface area contributed by atoms with Crippen LogP contribution in [0.1, 0.15) is 0 Å². The molecule has 0 spiro atoms. The normalized spacial score (nSPS) is 9.50. The number of rotatable bonds is 3. The second kappa shape index (κ2) is 6.44. The van der Waals surface area contributed by atoms with E-state index in [2.05, 4.69) is 14.2 Å². The molecule has 0 saturated heterocycles. The molecule has 0 aliphatic heterocycles. The zero-order chi connectivity index (χ0) is 13.7. The van der Waals surface area contributed by atoms with E-state index in [1.165, 1.54) is 12.1 Å². The zero-order valence-corrected chi connectivity index (χ0v) is 10.6. The Hall–Kier alpha value is -1.50. The highest BCUT2D eigenvalue weighted by molar-refractivity contribution is 6.62. The summed E-state index contributed by atoms with van der Waals surface area (Å²) in [5, 5.41) is 0. The number of halogens is 3. The molecule has 6 nitrogen and oxygen atoms in total. The predicted octanol–water partition coefficient (Wildman–Crippen LogP) is 3.90. The summed E-state index contributed by atoms with van der Waals surface area (Å²) >= 11 is 15.0. The lowest BCUT2D eigenvalue weighted by molar-refractivity contribution is 0.215. The fourth-order valence-corrected chi connectivity index (χ4v) is 1.24. The van der Waals surface area contributed by atoms with Crippen LogP contribution in [0, 0.1) is 0 Å². The minimum absolute atomic E-state index is 0.0442. The van der Waals surface area contributed by atoms with E-state index in [0.29, 0.717) is 0 Å². The van der Waals surface area contributed by atoms with E-state index < -0.39 is 16.3 Å². The first-order chi connectivity index (χ1) is 8.38. The van der Waals surface area contributed by atoms with Gasteiger partial charge >= 0.3 is 16.3 Å². The average molecular weight is 313 g/mol. The predicted molar refractivity (Wildman–Crippen MR) is 62.1 cm³/mol. The summed E-state index contributed by atoms with van der Waals surface area (Å²) in [7, 11) is 0. The Morgan fingerprint density at radius 2 is 1.28 bits per heavy atom. The number of benzene rings is 1. The average Bonchev–Trinajstić information content (AvgIpc) is 2.19. The molecule has 0 N–H and O–H groups in total. The maximum atomic E-state index is 10.6. The molecule has 1 rings (SSSR count). The van der Waals surface area contributed by atoms with Gasteiger partial charge in [-0.2, -0.15) is 0 Å². The fourth-order valence-electron chi connectivity index (χ4n) is 0.982. The third-order valence-electron chi connectivity index (χ3n) is 1.49. The van der Waals surface area contributed by atoms with Gasteiger partial charge in [-0.25, -0.2) is 14.4 Å². The van der Waals surface area contributed by atoms with Gasteiger partial charge in [0, 0.05) is 40.9 Å². The molecule has 0 aliphatic rings. The van der Waals surface area contributed by atoms with Gasteiger partial charge in [0.2, 0.25) is 0 Å². The summed E-state index contributed by atoms with van der Waals surface area (Å²) in [5.41, 5.74) is -3.43.